The maximum absolute atomic E-state index is 11.8. The molecule has 3 rings (SSSR count). The standard InChI is InChI=1S/C21H19BClNO3/c23-19-12-10-18(11-13-19)22(26)17-8-6-16(7-9-17)14-15-27-21(25)24-20-4-2-1-3-5-20/h1-13,26H,14-15H2,(H,24,25). The molecule has 0 saturated heterocycles. The predicted octanol–water partition coefficient (Wildman–Crippen LogP) is 3.23. The van der Waals surface area contributed by atoms with Gasteiger partial charge in [-0.15, -0.1) is 0 Å². The number of para-hydroxylation sites is 1. The Kier molecular flexibility index (Phi) is 6.52. The summed E-state index contributed by atoms with van der Waals surface area (Å²) in [5.74, 6) is 0. The van der Waals surface area contributed by atoms with E-state index in [1.54, 1.807) is 36.4 Å². The van der Waals surface area contributed by atoms with Crippen LogP contribution < -0.4 is 16.2 Å². The lowest BCUT2D eigenvalue weighted by Crippen LogP contribution is -2.42. The van der Waals surface area contributed by atoms with E-state index in [-0.39, 0.29) is 6.61 Å². The van der Waals surface area contributed by atoms with Gasteiger partial charge < -0.3 is 9.76 Å². The average Bonchev–Trinajstić information content (AvgIpc) is 2.69. The number of ether oxygens (including phenoxy) is 1. The van der Waals surface area contributed by atoms with Crippen molar-refractivity contribution in [2.24, 2.45) is 0 Å². The molecule has 0 fully saturated rings. The number of anilines is 1. The molecule has 0 bridgehead atoms. The van der Waals surface area contributed by atoms with Gasteiger partial charge in [-0.3, -0.25) is 5.32 Å². The monoisotopic (exact) mass is 379 g/mol. The quantitative estimate of drug-likeness (QED) is 0.647. The van der Waals surface area contributed by atoms with Crippen molar-refractivity contribution in [2.75, 3.05) is 11.9 Å². The normalized spacial score (nSPS) is 10.3. The first-order valence-electron chi connectivity index (χ1n) is 8.63. The van der Waals surface area contributed by atoms with Gasteiger partial charge in [0.05, 0.1) is 6.61 Å². The first kappa shape index (κ1) is 19.0. The first-order chi connectivity index (χ1) is 13.1. The van der Waals surface area contributed by atoms with Crippen molar-refractivity contribution in [3.8, 4) is 0 Å². The van der Waals surface area contributed by atoms with Crippen molar-refractivity contribution in [2.45, 2.75) is 6.42 Å². The van der Waals surface area contributed by atoms with Crippen LogP contribution in [0, 0.1) is 0 Å². The second-order valence-electron chi connectivity index (χ2n) is 6.07. The summed E-state index contributed by atoms with van der Waals surface area (Å²) in [4.78, 5) is 11.8. The lowest BCUT2D eigenvalue weighted by atomic mass is 9.56. The van der Waals surface area contributed by atoms with Crippen LogP contribution in [-0.2, 0) is 11.2 Å². The fourth-order valence-corrected chi connectivity index (χ4v) is 2.77. The molecule has 0 aliphatic carbocycles. The number of hydrogen-bond donors (Lipinski definition) is 2. The Labute approximate surface area is 163 Å². The molecular weight excluding hydrogens is 361 g/mol. The average molecular weight is 380 g/mol. The van der Waals surface area contributed by atoms with E-state index in [2.05, 4.69) is 5.32 Å². The van der Waals surface area contributed by atoms with E-state index < -0.39 is 13.0 Å². The van der Waals surface area contributed by atoms with Crippen LogP contribution in [0.1, 0.15) is 5.56 Å². The summed E-state index contributed by atoms with van der Waals surface area (Å²) in [6.45, 7) is -0.429. The van der Waals surface area contributed by atoms with Gasteiger partial charge in [0.2, 0.25) is 0 Å². The molecule has 136 valence electrons. The highest BCUT2D eigenvalue weighted by Gasteiger charge is 2.16. The number of rotatable bonds is 6. The number of benzene rings is 3. The highest BCUT2D eigenvalue weighted by Crippen LogP contribution is 2.07. The number of amides is 1. The number of carbonyl (C=O) groups excluding carboxylic acids is 1. The fourth-order valence-electron chi connectivity index (χ4n) is 2.64. The third-order valence-electron chi connectivity index (χ3n) is 4.13. The second-order valence-corrected chi connectivity index (χ2v) is 6.51. The maximum Gasteiger partial charge on any atom is 0.411 e. The Bertz CT molecular complexity index is 870. The van der Waals surface area contributed by atoms with Crippen LogP contribution in [-0.4, -0.2) is 24.6 Å². The van der Waals surface area contributed by atoms with Gasteiger partial charge in [-0.1, -0.05) is 66.2 Å². The van der Waals surface area contributed by atoms with E-state index in [0.717, 1.165) is 16.5 Å². The molecule has 0 aliphatic rings. The third kappa shape index (κ3) is 5.61. The number of halogens is 1. The Morgan fingerprint density at radius 2 is 1.52 bits per heavy atom. The van der Waals surface area contributed by atoms with Crippen LogP contribution in [0.15, 0.2) is 78.9 Å². The molecule has 0 aliphatic heterocycles. The largest absolute Gasteiger partial charge is 0.449 e. The molecule has 3 aromatic rings. The van der Waals surface area contributed by atoms with Gasteiger partial charge in [0.25, 0.3) is 0 Å². The van der Waals surface area contributed by atoms with Gasteiger partial charge in [0, 0.05) is 17.1 Å². The van der Waals surface area contributed by atoms with Gasteiger partial charge in [-0.25, -0.2) is 4.79 Å². The summed E-state index contributed by atoms with van der Waals surface area (Å²) in [5.41, 5.74) is 3.30. The zero-order chi connectivity index (χ0) is 19.1. The van der Waals surface area contributed by atoms with Crippen LogP contribution in [0.5, 0.6) is 0 Å². The van der Waals surface area contributed by atoms with Crippen molar-refractivity contribution in [1.82, 2.24) is 0 Å². The van der Waals surface area contributed by atoms with Gasteiger partial charge in [-0.2, -0.15) is 0 Å². The van der Waals surface area contributed by atoms with Crippen LogP contribution in [0.2, 0.25) is 5.02 Å². The van der Waals surface area contributed by atoms with Gasteiger partial charge in [-0.05, 0) is 40.8 Å². The summed E-state index contributed by atoms with van der Waals surface area (Å²) >= 11 is 5.88. The molecule has 27 heavy (non-hydrogen) atoms. The van der Waals surface area contributed by atoms with E-state index in [1.165, 1.54) is 0 Å². The van der Waals surface area contributed by atoms with E-state index >= 15 is 0 Å². The molecule has 4 nitrogen and oxygen atoms in total. The number of carbonyl (C=O) groups is 1. The topological polar surface area (TPSA) is 58.6 Å². The fraction of sp³-hybridized carbons (Fsp3) is 0.0952. The summed E-state index contributed by atoms with van der Waals surface area (Å²) in [6.07, 6.45) is 0.121. The maximum atomic E-state index is 11.8. The first-order valence-corrected chi connectivity index (χ1v) is 9.01. The highest BCUT2D eigenvalue weighted by molar-refractivity contribution is 6.78. The van der Waals surface area contributed by atoms with Crippen LogP contribution in [0.4, 0.5) is 10.5 Å². The minimum Gasteiger partial charge on any atom is -0.449 e. The lowest BCUT2D eigenvalue weighted by molar-refractivity contribution is 0.163. The molecule has 0 spiro atoms. The van der Waals surface area contributed by atoms with Crippen molar-refractivity contribution in [3.05, 3.63) is 89.4 Å². The van der Waals surface area contributed by atoms with Crippen LogP contribution >= 0.6 is 11.6 Å². The summed E-state index contributed by atoms with van der Waals surface area (Å²) in [5, 5.41) is 13.7. The van der Waals surface area contributed by atoms with Crippen molar-refractivity contribution >= 4 is 41.2 Å². The van der Waals surface area contributed by atoms with Crippen molar-refractivity contribution < 1.29 is 14.6 Å². The number of hydrogen-bond acceptors (Lipinski definition) is 3. The van der Waals surface area contributed by atoms with E-state index in [4.69, 9.17) is 16.3 Å². The molecule has 0 atom stereocenters. The smallest absolute Gasteiger partial charge is 0.411 e. The molecule has 2 N–H and O–H groups in total. The van der Waals surface area contributed by atoms with Gasteiger partial charge in [0.15, 0.2) is 0 Å². The molecule has 1 amide bonds. The van der Waals surface area contributed by atoms with E-state index in [9.17, 15) is 9.82 Å². The molecule has 0 unspecified atom stereocenters. The van der Waals surface area contributed by atoms with Gasteiger partial charge >= 0.3 is 13.0 Å². The Hall–Kier alpha value is -2.76. The van der Waals surface area contributed by atoms with E-state index in [1.807, 2.05) is 42.5 Å². The third-order valence-corrected chi connectivity index (χ3v) is 4.38. The Balaban J connectivity index is 1.49. The summed E-state index contributed by atoms with van der Waals surface area (Å²) in [7, 11) is 0. The lowest BCUT2D eigenvalue weighted by Gasteiger charge is -2.09. The second kappa shape index (κ2) is 9.26. The minimum absolute atomic E-state index is 0.276. The molecule has 0 heterocycles. The molecule has 3 aromatic carbocycles. The summed E-state index contributed by atoms with van der Waals surface area (Å²) < 4.78 is 5.20. The molecule has 6 heteroatoms. The SMILES string of the molecule is O=C(Nc1ccccc1)OCCc1ccc(B(O)c2ccc(Cl)cc2)cc1. The Morgan fingerprint density at radius 3 is 2.15 bits per heavy atom. The van der Waals surface area contributed by atoms with E-state index in [0.29, 0.717) is 17.1 Å². The van der Waals surface area contributed by atoms with Gasteiger partial charge in [0.1, 0.15) is 0 Å². The molecule has 0 aromatic heterocycles. The zero-order valence-corrected chi connectivity index (χ0v) is 15.4. The molecule has 0 saturated carbocycles. The van der Waals surface area contributed by atoms with Crippen molar-refractivity contribution in [3.63, 3.8) is 0 Å². The number of nitrogens with one attached hydrogen (secondary N) is 1. The highest BCUT2D eigenvalue weighted by atomic mass is 35.5. The molecular formula is C21H19BClNO3. The molecule has 0 radical (unpaired) electrons. The minimum atomic E-state index is -0.704. The van der Waals surface area contributed by atoms with Crippen LogP contribution in [0.25, 0.3) is 0 Å². The van der Waals surface area contributed by atoms with Crippen LogP contribution in [0.3, 0.4) is 0 Å². The summed E-state index contributed by atoms with van der Waals surface area (Å²) in [6, 6.07) is 23.9. The predicted molar refractivity (Wildman–Crippen MR) is 110 cm³/mol. The van der Waals surface area contributed by atoms with Crippen molar-refractivity contribution in [1.29, 1.82) is 0 Å². The Morgan fingerprint density at radius 1 is 0.926 bits per heavy atom. The zero-order valence-electron chi connectivity index (χ0n) is 14.6.